The van der Waals surface area contributed by atoms with Crippen LogP contribution in [0.3, 0.4) is 0 Å². The lowest BCUT2D eigenvalue weighted by Gasteiger charge is -2.39. The van der Waals surface area contributed by atoms with Gasteiger partial charge in [-0.3, -0.25) is 9.59 Å². The molecule has 162 valence electrons. The van der Waals surface area contributed by atoms with Crippen molar-refractivity contribution in [2.45, 2.75) is 17.6 Å². The van der Waals surface area contributed by atoms with Crippen molar-refractivity contribution in [3.05, 3.63) is 84.4 Å². The van der Waals surface area contributed by atoms with Crippen LogP contribution in [0.25, 0.3) is 0 Å². The molecule has 10 heteroatoms. The Balaban J connectivity index is 2.18. The van der Waals surface area contributed by atoms with Crippen LogP contribution in [0, 0.1) is 5.92 Å². The maximum absolute atomic E-state index is 13.1. The van der Waals surface area contributed by atoms with Gasteiger partial charge in [0.1, 0.15) is 11.9 Å². The molecule has 0 radical (unpaired) electrons. The van der Waals surface area contributed by atoms with Gasteiger partial charge in [0.15, 0.2) is 6.39 Å². The number of sulfonamides is 1. The molecule has 0 saturated carbocycles. The fourth-order valence-electron chi connectivity index (χ4n) is 3.10. The second kappa shape index (κ2) is 9.11. The van der Waals surface area contributed by atoms with Crippen molar-refractivity contribution in [1.29, 1.82) is 0 Å². The van der Waals surface area contributed by atoms with E-state index in [-0.39, 0.29) is 5.56 Å². The lowest BCUT2D eigenvalue weighted by Crippen LogP contribution is -2.63. The van der Waals surface area contributed by atoms with Gasteiger partial charge in [0.05, 0.1) is 13.0 Å². The summed E-state index contributed by atoms with van der Waals surface area (Å²) in [6, 6.07) is 16.4. The van der Waals surface area contributed by atoms with Gasteiger partial charge in [-0.2, -0.15) is 4.72 Å². The first-order valence-corrected chi connectivity index (χ1v) is 10.7. The van der Waals surface area contributed by atoms with Gasteiger partial charge in [-0.05, 0) is 24.6 Å². The number of esters is 1. The number of carbonyl (C=O) groups is 2. The summed E-state index contributed by atoms with van der Waals surface area (Å²) in [5.41, 5.74) is -1.29. The van der Waals surface area contributed by atoms with Gasteiger partial charge in [0.2, 0.25) is 5.03 Å². The SMILES string of the molecule is COC(=O)C(C)C(NC(=O)c1ccccc1)(NS(=O)(=O)c1cocn1)c1ccccc1. The molecule has 3 rings (SSSR count). The van der Waals surface area contributed by atoms with Crippen molar-refractivity contribution in [2.75, 3.05) is 7.11 Å². The first kappa shape index (κ1) is 22.2. The summed E-state index contributed by atoms with van der Waals surface area (Å²) in [7, 11) is -3.13. The second-order valence-electron chi connectivity index (χ2n) is 6.67. The van der Waals surface area contributed by atoms with Crippen LogP contribution in [0.1, 0.15) is 22.8 Å². The molecule has 1 aromatic heterocycles. The zero-order chi connectivity index (χ0) is 22.5. The van der Waals surface area contributed by atoms with Crippen molar-refractivity contribution in [2.24, 2.45) is 5.92 Å². The minimum atomic E-state index is -4.31. The van der Waals surface area contributed by atoms with Gasteiger partial charge in [-0.15, -0.1) is 0 Å². The number of amides is 1. The van der Waals surface area contributed by atoms with E-state index in [1.165, 1.54) is 14.0 Å². The molecule has 0 bridgehead atoms. The monoisotopic (exact) mass is 443 g/mol. The summed E-state index contributed by atoms with van der Waals surface area (Å²) in [6.07, 6.45) is 1.91. The van der Waals surface area contributed by atoms with Crippen molar-refractivity contribution in [3.8, 4) is 0 Å². The minimum Gasteiger partial charge on any atom is -0.469 e. The first-order valence-electron chi connectivity index (χ1n) is 9.23. The van der Waals surface area contributed by atoms with Crippen LogP contribution >= 0.6 is 0 Å². The Morgan fingerprint density at radius 1 is 1.06 bits per heavy atom. The van der Waals surface area contributed by atoms with E-state index in [0.717, 1.165) is 12.7 Å². The Morgan fingerprint density at radius 3 is 2.23 bits per heavy atom. The quantitative estimate of drug-likeness (QED) is 0.403. The molecule has 2 unspecified atom stereocenters. The number of nitrogens with one attached hydrogen (secondary N) is 2. The number of carbonyl (C=O) groups excluding carboxylic acids is 2. The third-order valence-corrected chi connectivity index (χ3v) is 6.10. The fourth-order valence-corrected chi connectivity index (χ4v) is 4.34. The normalized spacial score (nSPS) is 14.3. The van der Waals surface area contributed by atoms with Gasteiger partial charge in [-0.1, -0.05) is 48.5 Å². The van der Waals surface area contributed by atoms with E-state index in [0.29, 0.717) is 5.56 Å². The zero-order valence-corrected chi connectivity index (χ0v) is 17.6. The van der Waals surface area contributed by atoms with E-state index in [4.69, 9.17) is 9.15 Å². The van der Waals surface area contributed by atoms with Crippen molar-refractivity contribution >= 4 is 21.9 Å². The number of hydrogen-bond donors (Lipinski definition) is 2. The Kier molecular flexibility index (Phi) is 6.52. The van der Waals surface area contributed by atoms with Gasteiger partial charge in [-0.25, -0.2) is 13.4 Å². The highest BCUT2D eigenvalue weighted by Gasteiger charge is 2.47. The van der Waals surface area contributed by atoms with E-state index in [9.17, 15) is 18.0 Å². The van der Waals surface area contributed by atoms with Crippen LogP contribution in [0.4, 0.5) is 0 Å². The number of methoxy groups -OCH3 is 1. The van der Waals surface area contributed by atoms with E-state index < -0.39 is 38.5 Å². The molecule has 1 amide bonds. The third-order valence-electron chi connectivity index (χ3n) is 4.76. The molecule has 9 nitrogen and oxygen atoms in total. The standard InChI is InChI=1S/C21H21N3O6S/c1-15(20(26)29-2)21(17-11-7-4-8-12-17,23-19(25)16-9-5-3-6-10-16)24-31(27,28)18-13-30-14-22-18/h3-15,24H,1-2H3,(H,23,25). The van der Waals surface area contributed by atoms with Crippen LogP contribution < -0.4 is 10.0 Å². The Hall–Kier alpha value is -3.50. The average molecular weight is 443 g/mol. The van der Waals surface area contributed by atoms with E-state index in [2.05, 4.69) is 15.0 Å². The number of nitrogens with zero attached hydrogens (tertiary/aromatic N) is 1. The Labute approximate surface area is 179 Å². The summed E-state index contributed by atoms with van der Waals surface area (Å²) in [5.74, 6) is -2.49. The second-order valence-corrected chi connectivity index (χ2v) is 8.30. The van der Waals surface area contributed by atoms with Crippen molar-refractivity contribution in [3.63, 3.8) is 0 Å². The van der Waals surface area contributed by atoms with Gasteiger partial charge in [0.25, 0.3) is 15.9 Å². The predicted molar refractivity (Wildman–Crippen MR) is 110 cm³/mol. The number of ether oxygens (including phenoxy) is 1. The summed E-state index contributed by atoms with van der Waals surface area (Å²) >= 11 is 0. The van der Waals surface area contributed by atoms with Crippen LogP contribution in [0.15, 0.2) is 82.8 Å². The van der Waals surface area contributed by atoms with Crippen LogP contribution in [0.5, 0.6) is 0 Å². The molecular formula is C21H21N3O6S. The van der Waals surface area contributed by atoms with Crippen LogP contribution in [0.2, 0.25) is 0 Å². The van der Waals surface area contributed by atoms with Gasteiger partial charge >= 0.3 is 5.97 Å². The molecule has 0 spiro atoms. The summed E-state index contributed by atoms with van der Waals surface area (Å²) in [4.78, 5) is 29.4. The van der Waals surface area contributed by atoms with Gasteiger partial charge < -0.3 is 14.5 Å². The number of benzene rings is 2. The number of rotatable bonds is 8. The topological polar surface area (TPSA) is 128 Å². The van der Waals surface area contributed by atoms with Gasteiger partial charge in [0, 0.05) is 5.56 Å². The fraction of sp³-hybridized carbons (Fsp3) is 0.190. The van der Waals surface area contributed by atoms with Crippen molar-refractivity contribution in [1.82, 2.24) is 15.0 Å². The molecule has 0 aliphatic carbocycles. The number of aromatic nitrogens is 1. The smallest absolute Gasteiger partial charge is 0.312 e. The highest BCUT2D eigenvalue weighted by molar-refractivity contribution is 7.89. The summed E-state index contributed by atoms with van der Waals surface area (Å²) in [5, 5.41) is 2.30. The average Bonchev–Trinajstić information content (AvgIpc) is 3.34. The molecule has 2 N–H and O–H groups in total. The number of hydrogen-bond acceptors (Lipinski definition) is 7. The highest BCUT2D eigenvalue weighted by atomic mass is 32.2. The van der Waals surface area contributed by atoms with E-state index >= 15 is 0 Å². The van der Waals surface area contributed by atoms with Crippen LogP contribution in [-0.2, 0) is 25.2 Å². The summed E-state index contributed by atoms with van der Waals surface area (Å²) in [6.45, 7) is 1.45. The van der Waals surface area contributed by atoms with E-state index in [1.807, 2.05) is 0 Å². The molecule has 0 aliphatic rings. The third kappa shape index (κ3) is 4.65. The molecule has 3 aromatic rings. The molecular weight excluding hydrogens is 422 g/mol. The molecule has 1 heterocycles. The molecule has 2 atom stereocenters. The largest absolute Gasteiger partial charge is 0.469 e. The lowest BCUT2D eigenvalue weighted by atomic mass is 9.87. The molecule has 0 saturated heterocycles. The molecule has 31 heavy (non-hydrogen) atoms. The maximum atomic E-state index is 13.1. The Bertz CT molecular complexity index is 1130. The van der Waals surface area contributed by atoms with Crippen molar-refractivity contribution < 1.29 is 27.2 Å². The van der Waals surface area contributed by atoms with E-state index in [1.54, 1.807) is 60.7 Å². The molecule has 2 aromatic carbocycles. The Morgan fingerprint density at radius 2 is 1.68 bits per heavy atom. The maximum Gasteiger partial charge on any atom is 0.312 e. The molecule has 0 aliphatic heterocycles. The lowest BCUT2D eigenvalue weighted by molar-refractivity contribution is -0.148. The molecule has 0 fully saturated rings. The highest BCUT2D eigenvalue weighted by Crippen LogP contribution is 2.31. The number of oxazole rings is 1. The minimum absolute atomic E-state index is 0.278. The predicted octanol–water partition coefficient (Wildman–Crippen LogP) is 2.04. The first-order chi connectivity index (χ1) is 14.8. The zero-order valence-electron chi connectivity index (χ0n) is 16.8. The summed E-state index contributed by atoms with van der Waals surface area (Å²) < 4.78 is 38.3. The van der Waals surface area contributed by atoms with Crippen LogP contribution in [-0.4, -0.2) is 32.4 Å².